The van der Waals surface area contributed by atoms with Crippen molar-refractivity contribution in [3.63, 3.8) is 0 Å². The Hall–Kier alpha value is -4.40. The van der Waals surface area contributed by atoms with Crippen LogP contribution in [0.5, 0.6) is 11.8 Å². The molecule has 294 valence electrons. The molecule has 2 aliphatic carbocycles. The van der Waals surface area contributed by atoms with E-state index >= 15 is 4.79 Å². The number of hydrogen-bond donors (Lipinski definition) is 3. The number of amides is 4. The smallest absolute Gasteiger partial charge is 0.408 e. The third-order valence-electron chi connectivity index (χ3n) is 11.6. The van der Waals surface area contributed by atoms with Gasteiger partial charge < -0.3 is 24.8 Å². The van der Waals surface area contributed by atoms with E-state index in [4.69, 9.17) is 9.47 Å². The Morgan fingerprint density at radius 2 is 1.83 bits per heavy atom. The number of sulfonamides is 1. The van der Waals surface area contributed by atoms with Crippen molar-refractivity contribution in [2.75, 3.05) is 13.7 Å². The summed E-state index contributed by atoms with van der Waals surface area (Å²) in [5.74, 6) is -2.26. The summed E-state index contributed by atoms with van der Waals surface area (Å²) in [5, 5.41) is 15.0. The highest BCUT2D eigenvalue weighted by molar-refractivity contribution is 7.91. The molecule has 0 radical (unpaired) electrons. The van der Waals surface area contributed by atoms with Crippen molar-refractivity contribution in [2.24, 2.45) is 17.8 Å². The molecule has 4 amide bonds. The molecule has 1 aromatic heterocycles. The molecule has 14 nitrogen and oxygen atoms in total. The number of carbonyl (C=O) groups is 4. The number of ether oxygens (including phenoxy) is 2. The van der Waals surface area contributed by atoms with Crippen molar-refractivity contribution < 1.29 is 42.2 Å². The molecule has 0 spiro atoms. The van der Waals surface area contributed by atoms with E-state index < -0.39 is 79.7 Å². The van der Waals surface area contributed by atoms with Gasteiger partial charge in [0.2, 0.25) is 33.6 Å². The van der Waals surface area contributed by atoms with Crippen LogP contribution in [-0.4, -0.2) is 99.8 Å². The van der Waals surface area contributed by atoms with Gasteiger partial charge in [0.15, 0.2) is 0 Å². The zero-order valence-electron chi connectivity index (χ0n) is 32.1. The summed E-state index contributed by atoms with van der Waals surface area (Å²) in [6, 6.07) is 6.88. The van der Waals surface area contributed by atoms with Gasteiger partial charge in [0.05, 0.1) is 18.4 Å². The summed E-state index contributed by atoms with van der Waals surface area (Å²) in [4.78, 5) is 63.6. The van der Waals surface area contributed by atoms with Crippen LogP contribution in [0.1, 0.15) is 86.5 Å². The molecule has 3 N–H and O–H groups in total. The van der Waals surface area contributed by atoms with Gasteiger partial charge in [-0.25, -0.2) is 13.2 Å². The van der Waals surface area contributed by atoms with Crippen LogP contribution in [0.3, 0.4) is 0 Å². The average molecular weight is 768 g/mol. The van der Waals surface area contributed by atoms with Crippen LogP contribution >= 0.6 is 0 Å². The molecule has 2 aliphatic heterocycles. The second kappa shape index (κ2) is 14.3. The molecular formula is C39H53N5O9S. The molecule has 7 atom stereocenters. The fourth-order valence-corrected chi connectivity index (χ4v) is 9.37. The molecule has 2 saturated carbocycles. The SMILES string of the molecule is COc1cc2ccccc2c(O[C@@H]2C[C@H]3C(=O)N[C@]4(C(=O)NS(=O)(=O)C5(C)CC5)C[C@H]4/C=C\CC[C@H](C)C[C@@H](C)[C@H](N(C(=O)O)C(C)(C)C)C(=O)N3C2)n1. The van der Waals surface area contributed by atoms with Crippen LogP contribution in [0.2, 0.25) is 0 Å². The maximum absolute atomic E-state index is 15.0. The second-order valence-electron chi connectivity index (χ2n) is 16.9. The molecule has 54 heavy (non-hydrogen) atoms. The van der Waals surface area contributed by atoms with Gasteiger partial charge in [-0.3, -0.25) is 24.0 Å². The van der Waals surface area contributed by atoms with E-state index in [-0.39, 0.29) is 31.2 Å². The molecule has 0 bridgehead atoms. The van der Waals surface area contributed by atoms with Crippen LogP contribution in [0, 0.1) is 17.8 Å². The molecule has 1 saturated heterocycles. The molecule has 2 aromatic rings. The fourth-order valence-electron chi connectivity index (χ4n) is 8.06. The molecule has 1 aromatic carbocycles. The van der Waals surface area contributed by atoms with E-state index in [0.717, 1.165) is 11.8 Å². The number of rotatable bonds is 7. The van der Waals surface area contributed by atoms with Gasteiger partial charge in [-0.1, -0.05) is 44.2 Å². The van der Waals surface area contributed by atoms with E-state index in [1.165, 1.54) is 16.9 Å². The fraction of sp³-hybridized carbons (Fsp3) is 0.615. The maximum Gasteiger partial charge on any atom is 0.408 e. The quantitative estimate of drug-likeness (QED) is 0.336. The number of allylic oxidation sites excluding steroid dienone is 1. The molecule has 4 aliphatic rings. The first-order valence-corrected chi connectivity index (χ1v) is 20.3. The first kappa shape index (κ1) is 39.3. The number of benzene rings is 1. The van der Waals surface area contributed by atoms with Crippen molar-refractivity contribution in [1.29, 1.82) is 0 Å². The van der Waals surface area contributed by atoms with Gasteiger partial charge in [0, 0.05) is 29.3 Å². The van der Waals surface area contributed by atoms with Crippen LogP contribution < -0.4 is 19.5 Å². The topological polar surface area (TPSA) is 185 Å². The van der Waals surface area contributed by atoms with E-state index in [1.54, 1.807) is 33.8 Å². The molecule has 6 rings (SSSR count). The molecule has 15 heteroatoms. The third-order valence-corrected chi connectivity index (χ3v) is 13.7. The number of aromatic nitrogens is 1. The summed E-state index contributed by atoms with van der Waals surface area (Å²) in [6.07, 6.45) is 4.74. The van der Waals surface area contributed by atoms with Gasteiger partial charge in [0.25, 0.3) is 5.91 Å². The van der Waals surface area contributed by atoms with E-state index in [9.17, 15) is 27.9 Å². The van der Waals surface area contributed by atoms with Gasteiger partial charge in [0.1, 0.15) is 23.7 Å². The minimum atomic E-state index is -4.01. The lowest BCUT2D eigenvalue weighted by Gasteiger charge is -2.43. The lowest BCUT2D eigenvalue weighted by molar-refractivity contribution is -0.146. The number of hydrogen-bond acceptors (Lipinski definition) is 9. The van der Waals surface area contributed by atoms with Crippen LogP contribution in [-0.2, 0) is 24.4 Å². The predicted molar refractivity (Wildman–Crippen MR) is 201 cm³/mol. The summed E-state index contributed by atoms with van der Waals surface area (Å²) >= 11 is 0. The van der Waals surface area contributed by atoms with E-state index in [2.05, 4.69) is 21.9 Å². The number of fused-ring (bicyclic) bond motifs is 3. The first-order valence-electron chi connectivity index (χ1n) is 18.8. The lowest BCUT2D eigenvalue weighted by Crippen LogP contribution is -2.62. The Balaban J connectivity index is 1.40. The highest BCUT2D eigenvalue weighted by atomic mass is 32.2. The highest BCUT2D eigenvalue weighted by Crippen LogP contribution is 2.48. The molecule has 3 heterocycles. The zero-order valence-corrected chi connectivity index (χ0v) is 32.9. The van der Waals surface area contributed by atoms with Crippen molar-refractivity contribution >= 4 is 44.6 Å². The van der Waals surface area contributed by atoms with Crippen molar-refractivity contribution in [3.05, 3.63) is 42.5 Å². The van der Waals surface area contributed by atoms with Crippen LogP contribution in [0.25, 0.3) is 10.8 Å². The summed E-state index contributed by atoms with van der Waals surface area (Å²) in [6.45, 7) is 10.6. The number of pyridine rings is 1. The van der Waals surface area contributed by atoms with Crippen LogP contribution in [0.15, 0.2) is 42.5 Å². The van der Waals surface area contributed by atoms with E-state index in [1.807, 2.05) is 43.3 Å². The Labute approximate surface area is 317 Å². The standard InChI is InChI=1S/C39H53N5O9S/c1-23-12-8-10-14-26-21-39(26,35(47)42-54(50,51)38(6)16-17-38)41-32(45)29-20-27(53-33-28-15-11-9-13-25(28)19-30(40-33)52-7)22-43(29)34(46)31(24(2)18-23)44(36(48)49)37(3,4)5/h9-11,13-15,19,23-24,26-27,29,31H,8,12,16-18,20-22H2,1-7H3,(H,41,45)(H,42,47)(H,48,49)/b14-10-/t23-,24+,26+,27+,29-,31-,39+/m0/s1. The Morgan fingerprint density at radius 1 is 1.13 bits per heavy atom. The Morgan fingerprint density at radius 3 is 2.48 bits per heavy atom. The second-order valence-corrected chi connectivity index (χ2v) is 19.1. The number of methoxy groups -OCH3 is 1. The van der Waals surface area contributed by atoms with Crippen LogP contribution in [0.4, 0.5) is 4.79 Å². The molecule has 0 unspecified atom stereocenters. The van der Waals surface area contributed by atoms with Crippen molar-refractivity contribution in [2.45, 2.75) is 121 Å². The summed E-state index contributed by atoms with van der Waals surface area (Å²) < 4.78 is 39.5. The van der Waals surface area contributed by atoms with Crippen molar-refractivity contribution in [1.82, 2.24) is 24.8 Å². The Bertz CT molecular complexity index is 1960. The number of carbonyl (C=O) groups excluding carboxylic acids is 3. The minimum absolute atomic E-state index is 0.000538. The average Bonchev–Trinajstić information content (AvgIpc) is 3.97. The first-order chi connectivity index (χ1) is 25.3. The normalized spacial score (nSPS) is 30.5. The predicted octanol–water partition coefficient (Wildman–Crippen LogP) is 4.62. The maximum atomic E-state index is 15.0. The number of nitrogens with zero attached hydrogens (tertiary/aromatic N) is 3. The van der Waals surface area contributed by atoms with Gasteiger partial charge >= 0.3 is 6.09 Å². The Kier molecular flexibility index (Phi) is 10.4. The third kappa shape index (κ3) is 7.60. The summed E-state index contributed by atoms with van der Waals surface area (Å²) in [5.41, 5.74) is -2.53. The number of nitrogens with one attached hydrogen (secondary N) is 2. The van der Waals surface area contributed by atoms with Gasteiger partial charge in [-0.2, -0.15) is 4.98 Å². The van der Waals surface area contributed by atoms with Gasteiger partial charge in [-0.05, 0) is 89.5 Å². The zero-order chi connectivity index (χ0) is 39.4. The monoisotopic (exact) mass is 767 g/mol. The van der Waals surface area contributed by atoms with Gasteiger partial charge in [-0.15, -0.1) is 0 Å². The lowest BCUT2D eigenvalue weighted by atomic mass is 9.85. The van der Waals surface area contributed by atoms with E-state index in [0.29, 0.717) is 36.9 Å². The number of carboxylic acid groups (broad SMARTS) is 1. The molecular weight excluding hydrogens is 715 g/mol. The molecule has 3 fully saturated rings. The largest absolute Gasteiger partial charge is 0.481 e. The highest BCUT2D eigenvalue weighted by Gasteiger charge is 2.63. The summed E-state index contributed by atoms with van der Waals surface area (Å²) in [7, 11) is -2.52. The van der Waals surface area contributed by atoms with Crippen molar-refractivity contribution in [3.8, 4) is 11.8 Å². The minimum Gasteiger partial charge on any atom is -0.481 e.